The highest BCUT2D eigenvalue weighted by Gasteiger charge is 2.18. The zero-order chi connectivity index (χ0) is 19.6. The Morgan fingerprint density at radius 2 is 1.75 bits per heavy atom. The van der Waals surface area contributed by atoms with Crippen LogP contribution in [0.3, 0.4) is 0 Å². The molecular formula is C25H23NOS. The summed E-state index contributed by atoms with van der Waals surface area (Å²) < 4.78 is 7.83. The van der Waals surface area contributed by atoms with E-state index in [0.717, 1.165) is 27.8 Å². The number of nitrogens with zero attached hydrogens (tertiary/aromatic N) is 1. The van der Waals surface area contributed by atoms with Gasteiger partial charge in [0.1, 0.15) is 11.2 Å². The number of aryl methyl sites for hydroxylation is 3. The van der Waals surface area contributed by atoms with Crippen molar-refractivity contribution in [1.29, 1.82) is 0 Å². The number of hydrogen-bond donors (Lipinski definition) is 0. The minimum Gasteiger partial charge on any atom is -0.455 e. The predicted octanol–water partition coefficient (Wildman–Crippen LogP) is 7.91. The normalized spacial score (nSPS) is 12.1. The predicted molar refractivity (Wildman–Crippen MR) is 121 cm³/mol. The largest absolute Gasteiger partial charge is 0.455 e. The third-order valence-corrected chi connectivity index (χ3v) is 7.01. The van der Waals surface area contributed by atoms with Gasteiger partial charge in [-0.25, -0.2) is 0 Å². The number of thiophene rings is 1. The van der Waals surface area contributed by atoms with Crippen LogP contribution in [0.4, 0.5) is 0 Å². The Morgan fingerprint density at radius 1 is 0.964 bits per heavy atom. The highest BCUT2D eigenvalue weighted by molar-refractivity contribution is 7.19. The molecule has 0 saturated heterocycles. The van der Waals surface area contributed by atoms with Gasteiger partial charge < -0.3 is 4.42 Å². The molecule has 0 spiro atoms. The maximum atomic E-state index is 6.54. The van der Waals surface area contributed by atoms with Crippen molar-refractivity contribution in [3.63, 3.8) is 0 Å². The molecule has 0 saturated carbocycles. The minimum atomic E-state index is 0.465. The van der Waals surface area contributed by atoms with Gasteiger partial charge in [-0.05, 0) is 67.6 Å². The summed E-state index contributed by atoms with van der Waals surface area (Å²) in [4.78, 5) is 6.09. The molecule has 5 aromatic rings. The van der Waals surface area contributed by atoms with Crippen molar-refractivity contribution < 1.29 is 4.42 Å². The van der Waals surface area contributed by atoms with E-state index in [1.807, 2.05) is 17.5 Å². The van der Waals surface area contributed by atoms with E-state index in [1.165, 1.54) is 37.0 Å². The Labute approximate surface area is 168 Å². The summed E-state index contributed by atoms with van der Waals surface area (Å²) in [5, 5.41) is 3.59. The van der Waals surface area contributed by atoms with Gasteiger partial charge in [-0.2, -0.15) is 0 Å². The fourth-order valence-electron chi connectivity index (χ4n) is 4.21. The highest BCUT2D eigenvalue weighted by Crippen LogP contribution is 2.42. The fraction of sp³-hybridized carbons (Fsp3) is 0.240. The van der Waals surface area contributed by atoms with Crippen LogP contribution in [-0.4, -0.2) is 4.98 Å². The van der Waals surface area contributed by atoms with E-state index in [2.05, 4.69) is 71.0 Å². The average molecular weight is 386 g/mol. The first-order valence-corrected chi connectivity index (χ1v) is 10.6. The maximum absolute atomic E-state index is 6.54. The second kappa shape index (κ2) is 6.18. The lowest BCUT2D eigenvalue weighted by atomic mass is 9.97. The summed E-state index contributed by atoms with van der Waals surface area (Å²) in [6.45, 7) is 11.0. The molecule has 140 valence electrons. The molecule has 2 aromatic carbocycles. The Kier molecular flexibility index (Phi) is 3.85. The van der Waals surface area contributed by atoms with Crippen molar-refractivity contribution in [3.05, 3.63) is 64.2 Å². The number of pyridine rings is 1. The SMILES string of the molecule is Cc1cnc(-c2cccc3c2oc2c3ccc3sc(C)c(C)c32)cc1C(C)C. The molecule has 2 nitrogen and oxygen atoms in total. The van der Waals surface area contributed by atoms with E-state index in [0.29, 0.717) is 5.92 Å². The van der Waals surface area contributed by atoms with E-state index < -0.39 is 0 Å². The lowest BCUT2D eigenvalue weighted by molar-refractivity contribution is 0.673. The molecule has 28 heavy (non-hydrogen) atoms. The number of fused-ring (bicyclic) bond motifs is 5. The topological polar surface area (TPSA) is 26.0 Å². The number of benzene rings is 2. The van der Waals surface area contributed by atoms with E-state index in [-0.39, 0.29) is 0 Å². The summed E-state index contributed by atoms with van der Waals surface area (Å²) in [5.74, 6) is 0.465. The van der Waals surface area contributed by atoms with Gasteiger partial charge in [0.25, 0.3) is 0 Å². The fourth-order valence-corrected chi connectivity index (χ4v) is 5.28. The Morgan fingerprint density at radius 3 is 2.54 bits per heavy atom. The Hall–Kier alpha value is -2.65. The van der Waals surface area contributed by atoms with Crippen LogP contribution in [0.5, 0.6) is 0 Å². The van der Waals surface area contributed by atoms with E-state index in [4.69, 9.17) is 9.40 Å². The summed E-state index contributed by atoms with van der Waals surface area (Å²) in [6.07, 6.45) is 1.98. The first kappa shape index (κ1) is 17.4. The molecule has 0 aliphatic heterocycles. The van der Waals surface area contributed by atoms with Gasteiger partial charge in [-0.15, -0.1) is 11.3 Å². The van der Waals surface area contributed by atoms with Gasteiger partial charge in [0, 0.05) is 37.5 Å². The number of rotatable bonds is 2. The van der Waals surface area contributed by atoms with Crippen LogP contribution in [0.2, 0.25) is 0 Å². The van der Waals surface area contributed by atoms with Gasteiger partial charge in [-0.1, -0.05) is 26.0 Å². The summed E-state index contributed by atoms with van der Waals surface area (Å²) in [6, 6.07) is 13.0. The van der Waals surface area contributed by atoms with E-state index in [1.54, 1.807) is 0 Å². The van der Waals surface area contributed by atoms with E-state index >= 15 is 0 Å². The van der Waals surface area contributed by atoms with Crippen LogP contribution < -0.4 is 0 Å². The lowest BCUT2D eigenvalue weighted by Crippen LogP contribution is -1.95. The van der Waals surface area contributed by atoms with Crippen LogP contribution in [0.15, 0.2) is 47.0 Å². The second-order valence-corrected chi connectivity index (χ2v) is 9.22. The molecule has 3 heteroatoms. The highest BCUT2D eigenvalue weighted by atomic mass is 32.1. The van der Waals surface area contributed by atoms with Gasteiger partial charge >= 0.3 is 0 Å². The number of aromatic nitrogens is 1. The van der Waals surface area contributed by atoms with Gasteiger partial charge in [0.2, 0.25) is 0 Å². The standard InChI is InChI=1S/C25H23NOS/c1-13(2)20-11-21(26-12-14(20)3)19-8-6-7-17-18-9-10-22-23(15(4)16(5)28-22)25(18)27-24(17)19/h6-13H,1-5H3. The van der Waals surface area contributed by atoms with Crippen LogP contribution in [-0.2, 0) is 0 Å². The smallest absolute Gasteiger partial charge is 0.144 e. The van der Waals surface area contributed by atoms with Crippen molar-refractivity contribution in [2.75, 3.05) is 0 Å². The number of furan rings is 1. The summed E-state index contributed by atoms with van der Waals surface area (Å²) in [7, 11) is 0. The van der Waals surface area contributed by atoms with Crippen molar-refractivity contribution in [2.24, 2.45) is 0 Å². The molecular weight excluding hydrogens is 362 g/mol. The van der Waals surface area contributed by atoms with Crippen LogP contribution in [0.1, 0.15) is 41.3 Å². The molecule has 0 amide bonds. The van der Waals surface area contributed by atoms with Crippen molar-refractivity contribution in [3.8, 4) is 11.3 Å². The number of para-hydroxylation sites is 1. The van der Waals surface area contributed by atoms with Crippen LogP contribution >= 0.6 is 11.3 Å². The first-order chi connectivity index (χ1) is 13.5. The molecule has 0 aliphatic rings. The third-order valence-electron chi connectivity index (χ3n) is 5.84. The third kappa shape index (κ3) is 2.43. The zero-order valence-electron chi connectivity index (χ0n) is 16.9. The average Bonchev–Trinajstić information content (AvgIpc) is 3.19. The Bertz CT molecular complexity index is 1370. The molecule has 0 aliphatic carbocycles. The molecule has 3 heterocycles. The molecule has 0 atom stereocenters. The van der Waals surface area contributed by atoms with Crippen LogP contribution in [0, 0.1) is 20.8 Å². The molecule has 0 bridgehead atoms. The molecule has 5 rings (SSSR count). The van der Waals surface area contributed by atoms with Gasteiger partial charge in [-0.3, -0.25) is 4.98 Å². The quantitative estimate of drug-likeness (QED) is 0.308. The molecule has 0 fully saturated rings. The van der Waals surface area contributed by atoms with E-state index in [9.17, 15) is 0 Å². The minimum absolute atomic E-state index is 0.465. The van der Waals surface area contributed by atoms with Crippen molar-refractivity contribution >= 4 is 43.4 Å². The summed E-state index contributed by atoms with van der Waals surface area (Å²) in [5.41, 5.74) is 7.87. The zero-order valence-corrected chi connectivity index (χ0v) is 17.7. The molecule has 0 N–H and O–H groups in total. The monoisotopic (exact) mass is 385 g/mol. The lowest BCUT2D eigenvalue weighted by Gasteiger charge is -2.11. The first-order valence-electron chi connectivity index (χ1n) is 9.76. The van der Waals surface area contributed by atoms with Crippen molar-refractivity contribution in [1.82, 2.24) is 4.98 Å². The Balaban J connectivity index is 1.85. The maximum Gasteiger partial charge on any atom is 0.144 e. The van der Waals surface area contributed by atoms with Gasteiger partial charge in [0.15, 0.2) is 0 Å². The van der Waals surface area contributed by atoms with Gasteiger partial charge in [0.05, 0.1) is 5.69 Å². The molecule has 3 aromatic heterocycles. The van der Waals surface area contributed by atoms with Crippen molar-refractivity contribution in [2.45, 2.75) is 40.5 Å². The second-order valence-electron chi connectivity index (χ2n) is 7.96. The number of hydrogen-bond acceptors (Lipinski definition) is 3. The summed E-state index contributed by atoms with van der Waals surface area (Å²) >= 11 is 1.84. The molecule has 0 unspecified atom stereocenters. The molecule has 0 radical (unpaired) electrons. The van der Waals surface area contributed by atoms with Crippen LogP contribution in [0.25, 0.3) is 43.3 Å².